The van der Waals surface area contributed by atoms with Crippen LogP contribution in [0.3, 0.4) is 0 Å². The molecule has 3 aromatic rings. The van der Waals surface area contributed by atoms with Gasteiger partial charge in [-0.1, -0.05) is 17.7 Å². The fraction of sp³-hybridized carbons (Fsp3) is 0.333. The number of benzene rings is 2. The zero-order valence-electron chi connectivity index (χ0n) is 14.8. The maximum atomic E-state index is 12.7. The summed E-state index contributed by atoms with van der Waals surface area (Å²) in [5, 5.41) is 0. The van der Waals surface area contributed by atoms with Crippen molar-refractivity contribution >= 4 is 16.9 Å². The Hall–Kier alpha value is -2.62. The molecule has 0 aliphatic carbocycles. The summed E-state index contributed by atoms with van der Waals surface area (Å²) in [6, 6.07) is 12.3. The van der Waals surface area contributed by atoms with Crippen LogP contribution in [-0.4, -0.2) is 33.4 Å². The summed E-state index contributed by atoms with van der Waals surface area (Å²) in [6.45, 7) is 5.95. The van der Waals surface area contributed by atoms with Gasteiger partial charge in [0.25, 0.3) is 5.91 Å². The molecule has 25 heavy (non-hydrogen) atoms. The van der Waals surface area contributed by atoms with E-state index >= 15 is 0 Å². The second kappa shape index (κ2) is 6.36. The summed E-state index contributed by atoms with van der Waals surface area (Å²) >= 11 is 0. The number of aromatic nitrogens is 2. The first-order valence-electron chi connectivity index (χ1n) is 8.97. The van der Waals surface area contributed by atoms with Gasteiger partial charge in [-0.15, -0.1) is 0 Å². The Labute approximate surface area is 148 Å². The molecule has 0 radical (unpaired) electrons. The summed E-state index contributed by atoms with van der Waals surface area (Å²) in [5.74, 6) is 0.127. The Bertz CT molecular complexity index is 935. The topological polar surface area (TPSA) is 38.1 Å². The number of rotatable bonds is 2. The monoisotopic (exact) mass is 333 g/mol. The third-order valence-corrected chi connectivity index (χ3v) is 5.05. The molecule has 0 atom stereocenters. The van der Waals surface area contributed by atoms with E-state index in [0.717, 1.165) is 48.2 Å². The number of piperidine rings is 1. The number of likely N-dealkylation sites (tertiary alicyclic amines) is 1. The molecule has 2 aromatic carbocycles. The minimum absolute atomic E-state index is 0.127. The van der Waals surface area contributed by atoms with Gasteiger partial charge in [-0.25, -0.2) is 4.98 Å². The van der Waals surface area contributed by atoms with Crippen molar-refractivity contribution in [2.45, 2.75) is 33.1 Å². The predicted molar refractivity (Wildman–Crippen MR) is 100 cm³/mol. The molecule has 4 nitrogen and oxygen atoms in total. The molecule has 0 spiro atoms. The van der Waals surface area contributed by atoms with Crippen LogP contribution in [0, 0.1) is 13.8 Å². The van der Waals surface area contributed by atoms with Crippen molar-refractivity contribution in [2.24, 2.45) is 0 Å². The Morgan fingerprint density at radius 2 is 1.80 bits per heavy atom. The maximum absolute atomic E-state index is 12.7. The molecule has 1 aliphatic rings. The molecule has 1 fully saturated rings. The van der Waals surface area contributed by atoms with Crippen molar-refractivity contribution in [3.05, 3.63) is 59.4 Å². The Morgan fingerprint density at radius 3 is 2.56 bits per heavy atom. The Morgan fingerprint density at radius 1 is 1.00 bits per heavy atom. The van der Waals surface area contributed by atoms with Crippen molar-refractivity contribution in [2.75, 3.05) is 13.1 Å². The van der Waals surface area contributed by atoms with Crippen LogP contribution in [0.4, 0.5) is 0 Å². The van der Waals surface area contributed by atoms with Gasteiger partial charge >= 0.3 is 0 Å². The highest BCUT2D eigenvalue weighted by atomic mass is 16.2. The molecule has 0 unspecified atom stereocenters. The molecule has 1 amide bonds. The first-order chi connectivity index (χ1) is 12.1. The third-order valence-electron chi connectivity index (χ3n) is 5.05. The van der Waals surface area contributed by atoms with E-state index in [2.05, 4.69) is 41.6 Å². The van der Waals surface area contributed by atoms with Crippen molar-refractivity contribution in [1.29, 1.82) is 0 Å². The average Bonchev–Trinajstić information content (AvgIpc) is 3.05. The molecule has 2 heterocycles. The number of carbonyl (C=O) groups excluding carboxylic acids is 1. The minimum atomic E-state index is 0.127. The van der Waals surface area contributed by atoms with Gasteiger partial charge in [-0.2, -0.15) is 0 Å². The lowest BCUT2D eigenvalue weighted by Crippen LogP contribution is -2.35. The number of amides is 1. The van der Waals surface area contributed by atoms with Crippen molar-refractivity contribution in [3.63, 3.8) is 0 Å². The summed E-state index contributed by atoms with van der Waals surface area (Å²) in [4.78, 5) is 19.2. The number of carbonyl (C=O) groups is 1. The molecule has 0 saturated carbocycles. The van der Waals surface area contributed by atoms with Crippen LogP contribution in [0.5, 0.6) is 0 Å². The van der Waals surface area contributed by atoms with Gasteiger partial charge in [0, 0.05) is 18.7 Å². The smallest absolute Gasteiger partial charge is 0.253 e. The molecule has 1 aliphatic heterocycles. The lowest BCUT2D eigenvalue weighted by molar-refractivity contribution is 0.0724. The summed E-state index contributed by atoms with van der Waals surface area (Å²) in [5.41, 5.74) is 6.22. The summed E-state index contributed by atoms with van der Waals surface area (Å²) < 4.78 is 2.10. The van der Waals surface area contributed by atoms with Crippen LogP contribution in [0.15, 0.2) is 42.7 Å². The molecule has 1 aromatic heterocycles. The number of aryl methyl sites for hydroxylation is 2. The van der Waals surface area contributed by atoms with Crippen LogP contribution >= 0.6 is 0 Å². The van der Waals surface area contributed by atoms with E-state index in [1.54, 1.807) is 0 Å². The van der Waals surface area contributed by atoms with E-state index in [4.69, 9.17) is 0 Å². The van der Waals surface area contributed by atoms with Crippen LogP contribution in [0.25, 0.3) is 16.7 Å². The summed E-state index contributed by atoms with van der Waals surface area (Å²) in [6.07, 6.45) is 5.28. The molecular formula is C21H23N3O. The second-order valence-electron chi connectivity index (χ2n) is 6.96. The highest BCUT2D eigenvalue weighted by Crippen LogP contribution is 2.23. The second-order valence-corrected chi connectivity index (χ2v) is 6.96. The fourth-order valence-corrected chi connectivity index (χ4v) is 3.69. The molecule has 128 valence electrons. The van der Waals surface area contributed by atoms with Gasteiger partial charge < -0.3 is 4.90 Å². The maximum Gasteiger partial charge on any atom is 0.253 e. The SMILES string of the molecule is Cc1ccc(-n2cnc3cc(C(=O)N4CCCCC4)ccc32)c(C)c1. The number of fused-ring (bicyclic) bond motifs is 1. The molecule has 4 rings (SSSR count). The van der Waals surface area contributed by atoms with Crippen LogP contribution < -0.4 is 0 Å². The van der Waals surface area contributed by atoms with E-state index in [0.29, 0.717) is 0 Å². The number of hydrogen-bond acceptors (Lipinski definition) is 2. The number of imidazole rings is 1. The molecular weight excluding hydrogens is 310 g/mol. The minimum Gasteiger partial charge on any atom is -0.339 e. The highest BCUT2D eigenvalue weighted by Gasteiger charge is 2.19. The normalized spacial score (nSPS) is 14.9. The van der Waals surface area contributed by atoms with Gasteiger partial charge in [0.2, 0.25) is 0 Å². The quantitative estimate of drug-likeness (QED) is 0.702. The van der Waals surface area contributed by atoms with E-state index in [-0.39, 0.29) is 5.91 Å². The molecule has 4 heteroatoms. The van der Waals surface area contributed by atoms with Crippen molar-refractivity contribution in [3.8, 4) is 5.69 Å². The largest absolute Gasteiger partial charge is 0.339 e. The van der Waals surface area contributed by atoms with E-state index in [1.165, 1.54) is 17.5 Å². The lowest BCUT2D eigenvalue weighted by Gasteiger charge is -2.26. The van der Waals surface area contributed by atoms with Gasteiger partial charge in [-0.3, -0.25) is 9.36 Å². The standard InChI is InChI=1S/C21H23N3O/c1-15-6-8-19(16(2)12-15)24-14-22-18-13-17(7-9-20(18)24)21(25)23-10-4-3-5-11-23/h6-9,12-14H,3-5,10-11H2,1-2H3. The molecule has 0 N–H and O–H groups in total. The first-order valence-corrected chi connectivity index (χ1v) is 8.97. The molecule has 0 bridgehead atoms. The zero-order valence-corrected chi connectivity index (χ0v) is 14.8. The van der Waals surface area contributed by atoms with Crippen molar-refractivity contribution < 1.29 is 4.79 Å². The predicted octanol–water partition coefficient (Wildman–Crippen LogP) is 4.27. The number of hydrogen-bond donors (Lipinski definition) is 0. The first kappa shape index (κ1) is 15.9. The van der Waals surface area contributed by atoms with Crippen molar-refractivity contribution in [1.82, 2.24) is 14.5 Å². The third kappa shape index (κ3) is 2.93. The summed E-state index contributed by atoms with van der Waals surface area (Å²) in [7, 11) is 0. The van der Waals surface area contributed by atoms with Gasteiger partial charge in [0.15, 0.2) is 0 Å². The van der Waals surface area contributed by atoms with Crippen LogP contribution in [0.1, 0.15) is 40.7 Å². The Kier molecular flexibility index (Phi) is 4.04. The number of nitrogens with zero attached hydrogens (tertiary/aromatic N) is 3. The highest BCUT2D eigenvalue weighted by molar-refractivity contribution is 5.97. The van der Waals surface area contributed by atoms with Gasteiger partial charge in [0.1, 0.15) is 6.33 Å². The lowest BCUT2D eigenvalue weighted by atomic mass is 10.1. The van der Waals surface area contributed by atoms with E-state index in [9.17, 15) is 4.79 Å². The van der Waals surface area contributed by atoms with E-state index in [1.807, 2.05) is 29.4 Å². The Balaban J connectivity index is 1.70. The fourth-order valence-electron chi connectivity index (χ4n) is 3.69. The van der Waals surface area contributed by atoms with E-state index < -0.39 is 0 Å². The average molecular weight is 333 g/mol. The van der Waals surface area contributed by atoms with Gasteiger partial charge in [-0.05, 0) is 62.9 Å². The molecule has 1 saturated heterocycles. The van der Waals surface area contributed by atoms with Gasteiger partial charge in [0.05, 0.1) is 16.7 Å². The van der Waals surface area contributed by atoms with Crippen LogP contribution in [0.2, 0.25) is 0 Å². The zero-order chi connectivity index (χ0) is 17.4. The van der Waals surface area contributed by atoms with Crippen LogP contribution in [-0.2, 0) is 0 Å².